The molecule has 0 aromatic carbocycles. The molecule has 21 heavy (non-hydrogen) atoms. The van der Waals surface area contributed by atoms with Crippen LogP contribution in [0.3, 0.4) is 0 Å². The van der Waals surface area contributed by atoms with Crippen molar-refractivity contribution in [3.63, 3.8) is 0 Å². The molecule has 1 aliphatic rings. The van der Waals surface area contributed by atoms with Gasteiger partial charge in [-0.1, -0.05) is 18.7 Å². The van der Waals surface area contributed by atoms with Crippen molar-refractivity contribution in [2.24, 2.45) is 5.92 Å². The SMILES string of the molecule is CCCSc1nsc(NC(=O)N2CCCC(C(=O)O)C2)n1. The topological polar surface area (TPSA) is 95.4 Å². The minimum atomic E-state index is -0.846. The summed E-state index contributed by atoms with van der Waals surface area (Å²) in [6.07, 6.45) is 2.36. The predicted octanol–water partition coefficient (Wildman–Crippen LogP) is 2.37. The van der Waals surface area contributed by atoms with E-state index in [9.17, 15) is 9.59 Å². The molecule has 2 heterocycles. The number of hydrogen-bond donors (Lipinski definition) is 2. The molecule has 1 aromatic heterocycles. The summed E-state index contributed by atoms with van der Waals surface area (Å²) >= 11 is 2.70. The molecule has 1 unspecified atom stereocenters. The van der Waals surface area contributed by atoms with Gasteiger partial charge in [0.05, 0.1) is 5.92 Å². The largest absolute Gasteiger partial charge is 0.481 e. The number of rotatable bonds is 5. The van der Waals surface area contributed by atoms with E-state index in [4.69, 9.17) is 5.11 Å². The van der Waals surface area contributed by atoms with E-state index in [1.54, 1.807) is 11.8 Å². The maximum absolute atomic E-state index is 12.1. The second kappa shape index (κ2) is 7.60. The van der Waals surface area contributed by atoms with Gasteiger partial charge in [-0.2, -0.15) is 9.36 Å². The summed E-state index contributed by atoms with van der Waals surface area (Å²) in [5.41, 5.74) is 0. The Morgan fingerprint density at radius 3 is 3.10 bits per heavy atom. The summed E-state index contributed by atoms with van der Waals surface area (Å²) in [5, 5.41) is 12.8. The van der Waals surface area contributed by atoms with Gasteiger partial charge in [-0.15, -0.1) is 0 Å². The molecule has 1 aromatic rings. The Morgan fingerprint density at radius 1 is 1.57 bits per heavy atom. The molecule has 9 heteroatoms. The molecule has 1 saturated heterocycles. The van der Waals surface area contributed by atoms with E-state index in [2.05, 4.69) is 21.6 Å². The molecule has 1 atom stereocenters. The van der Waals surface area contributed by atoms with E-state index in [0.717, 1.165) is 23.7 Å². The Balaban J connectivity index is 1.88. The van der Waals surface area contributed by atoms with Gasteiger partial charge in [0.15, 0.2) is 0 Å². The van der Waals surface area contributed by atoms with Gasteiger partial charge >= 0.3 is 12.0 Å². The molecule has 2 amide bonds. The Bertz CT molecular complexity index is 508. The van der Waals surface area contributed by atoms with Gasteiger partial charge in [-0.25, -0.2) is 4.79 Å². The quantitative estimate of drug-likeness (QED) is 0.805. The molecule has 0 aliphatic carbocycles. The maximum Gasteiger partial charge on any atom is 0.323 e. The van der Waals surface area contributed by atoms with Crippen molar-refractivity contribution in [2.75, 3.05) is 24.2 Å². The van der Waals surface area contributed by atoms with Crippen molar-refractivity contribution in [1.82, 2.24) is 14.3 Å². The summed E-state index contributed by atoms with van der Waals surface area (Å²) in [4.78, 5) is 28.9. The zero-order valence-corrected chi connectivity index (χ0v) is 13.4. The molecule has 2 N–H and O–H groups in total. The molecule has 2 rings (SSSR count). The van der Waals surface area contributed by atoms with E-state index in [-0.39, 0.29) is 12.6 Å². The molecule has 7 nitrogen and oxygen atoms in total. The van der Waals surface area contributed by atoms with Gasteiger partial charge in [0, 0.05) is 30.4 Å². The van der Waals surface area contributed by atoms with Crippen molar-refractivity contribution in [3.8, 4) is 0 Å². The first kappa shape index (κ1) is 16.0. The van der Waals surface area contributed by atoms with Gasteiger partial charge in [-0.3, -0.25) is 10.1 Å². The van der Waals surface area contributed by atoms with Crippen LogP contribution < -0.4 is 5.32 Å². The van der Waals surface area contributed by atoms with Crippen molar-refractivity contribution in [2.45, 2.75) is 31.3 Å². The first-order valence-corrected chi connectivity index (χ1v) is 8.61. The van der Waals surface area contributed by atoms with Crippen molar-refractivity contribution < 1.29 is 14.7 Å². The van der Waals surface area contributed by atoms with Gasteiger partial charge in [0.2, 0.25) is 10.3 Å². The fourth-order valence-corrected chi connectivity index (χ4v) is 3.44. The number of carbonyl (C=O) groups is 2. The highest BCUT2D eigenvalue weighted by molar-refractivity contribution is 7.99. The lowest BCUT2D eigenvalue weighted by atomic mass is 9.99. The first-order valence-electron chi connectivity index (χ1n) is 6.85. The van der Waals surface area contributed by atoms with Gasteiger partial charge in [0.25, 0.3) is 0 Å². The van der Waals surface area contributed by atoms with Crippen LogP contribution in [-0.2, 0) is 4.79 Å². The number of hydrogen-bond acceptors (Lipinski definition) is 6. The Hall–Kier alpha value is -1.35. The highest BCUT2D eigenvalue weighted by atomic mass is 32.2. The normalized spacial score (nSPS) is 18.5. The number of carboxylic acid groups (broad SMARTS) is 1. The summed E-state index contributed by atoms with van der Waals surface area (Å²) in [5.74, 6) is -0.382. The Kier molecular flexibility index (Phi) is 5.80. The fourth-order valence-electron chi connectivity index (χ4n) is 2.05. The zero-order chi connectivity index (χ0) is 15.2. The molecular weight excluding hydrogens is 312 g/mol. The smallest absolute Gasteiger partial charge is 0.323 e. The van der Waals surface area contributed by atoms with Gasteiger partial charge < -0.3 is 10.0 Å². The third kappa shape index (κ3) is 4.57. The van der Waals surface area contributed by atoms with Crippen LogP contribution in [0.5, 0.6) is 0 Å². The molecule has 1 fully saturated rings. The summed E-state index contributed by atoms with van der Waals surface area (Å²) < 4.78 is 4.16. The molecular formula is C12H18N4O3S2. The van der Waals surface area contributed by atoms with E-state index >= 15 is 0 Å². The second-order valence-electron chi connectivity index (χ2n) is 4.78. The zero-order valence-electron chi connectivity index (χ0n) is 11.7. The summed E-state index contributed by atoms with van der Waals surface area (Å²) in [7, 11) is 0. The third-order valence-electron chi connectivity index (χ3n) is 3.11. The van der Waals surface area contributed by atoms with Crippen LogP contribution in [-0.4, -0.2) is 50.2 Å². The van der Waals surface area contributed by atoms with Crippen LogP contribution in [0.25, 0.3) is 0 Å². The number of carboxylic acids is 1. The number of piperidine rings is 1. The lowest BCUT2D eigenvalue weighted by molar-refractivity contribution is -0.143. The predicted molar refractivity (Wildman–Crippen MR) is 81.9 cm³/mol. The minimum absolute atomic E-state index is 0.247. The molecule has 116 valence electrons. The lowest BCUT2D eigenvalue weighted by Crippen LogP contribution is -2.44. The van der Waals surface area contributed by atoms with Crippen molar-refractivity contribution in [1.29, 1.82) is 0 Å². The van der Waals surface area contributed by atoms with Crippen molar-refractivity contribution in [3.05, 3.63) is 0 Å². The van der Waals surface area contributed by atoms with Crippen molar-refractivity contribution >= 4 is 40.4 Å². The molecule has 1 aliphatic heterocycles. The van der Waals surface area contributed by atoms with Crippen LogP contribution in [0.2, 0.25) is 0 Å². The van der Waals surface area contributed by atoms with Crippen LogP contribution in [0.15, 0.2) is 5.16 Å². The number of aromatic nitrogens is 2. The highest BCUT2D eigenvalue weighted by Gasteiger charge is 2.28. The van der Waals surface area contributed by atoms with Gasteiger partial charge in [0.1, 0.15) is 0 Å². The Morgan fingerprint density at radius 2 is 2.38 bits per heavy atom. The lowest BCUT2D eigenvalue weighted by Gasteiger charge is -2.30. The number of anilines is 1. The highest BCUT2D eigenvalue weighted by Crippen LogP contribution is 2.22. The number of amides is 2. The molecule has 0 radical (unpaired) electrons. The molecule has 0 spiro atoms. The number of nitrogens with one attached hydrogen (secondary N) is 1. The Labute approximate surface area is 131 Å². The average molecular weight is 330 g/mol. The van der Waals surface area contributed by atoms with Crippen LogP contribution >= 0.6 is 23.3 Å². The summed E-state index contributed by atoms with van der Waals surface area (Å²) in [6, 6.07) is -0.302. The van der Waals surface area contributed by atoms with E-state index in [1.165, 1.54) is 4.90 Å². The van der Waals surface area contributed by atoms with E-state index < -0.39 is 11.9 Å². The number of nitrogens with zero attached hydrogens (tertiary/aromatic N) is 3. The fraction of sp³-hybridized carbons (Fsp3) is 0.667. The van der Waals surface area contributed by atoms with E-state index in [0.29, 0.717) is 29.7 Å². The van der Waals surface area contributed by atoms with Crippen LogP contribution in [0.4, 0.5) is 9.93 Å². The molecule has 0 bridgehead atoms. The minimum Gasteiger partial charge on any atom is -0.481 e. The van der Waals surface area contributed by atoms with Crippen LogP contribution in [0, 0.1) is 5.92 Å². The summed E-state index contributed by atoms with van der Waals surface area (Å²) in [6.45, 7) is 2.90. The number of likely N-dealkylation sites (tertiary alicyclic amines) is 1. The number of carbonyl (C=O) groups excluding carboxylic acids is 1. The molecule has 0 saturated carbocycles. The average Bonchev–Trinajstić information content (AvgIpc) is 2.92. The van der Waals surface area contributed by atoms with E-state index in [1.807, 2.05) is 0 Å². The number of thioether (sulfide) groups is 1. The third-order valence-corrected chi connectivity index (χ3v) is 4.91. The van der Waals surface area contributed by atoms with Crippen LogP contribution in [0.1, 0.15) is 26.2 Å². The second-order valence-corrected chi connectivity index (χ2v) is 6.60. The number of urea groups is 1. The first-order chi connectivity index (χ1) is 10.1. The monoisotopic (exact) mass is 330 g/mol. The van der Waals surface area contributed by atoms with Gasteiger partial charge in [-0.05, 0) is 19.3 Å². The maximum atomic E-state index is 12.1. The standard InChI is InChI=1S/C12H18N4O3S2/c1-2-6-20-11-13-10(21-15-11)14-12(19)16-5-3-4-8(7-16)9(17)18/h8H,2-7H2,1H3,(H,17,18)(H,13,14,15,19). The number of aliphatic carboxylic acids is 1.